The van der Waals surface area contributed by atoms with Gasteiger partial charge in [-0.25, -0.2) is 4.98 Å². The van der Waals surface area contributed by atoms with Gasteiger partial charge in [-0.15, -0.1) is 10.2 Å². The number of rotatable bonds is 4. The maximum Gasteiger partial charge on any atom is 0.433 e. The molecule has 3 heterocycles. The van der Waals surface area contributed by atoms with Crippen LogP contribution in [0.25, 0.3) is 22.5 Å². The zero-order chi connectivity index (χ0) is 21.5. The molecule has 0 aliphatic carbocycles. The van der Waals surface area contributed by atoms with Crippen molar-refractivity contribution in [1.82, 2.24) is 24.7 Å². The number of imidazole rings is 1. The summed E-state index contributed by atoms with van der Waals surface area (Å²) in [5, 5.41) is 17.3. The summed E-state index contributed by atoms with van der Waals surface area (Å²) in [6.07, 6.45) is -2.89. The highest BCUT2D eigenvalue weighted by Gasteiger charge is 2.32. The highest BCUT2D eigenvalue weighted by Crippen LogP contribution is 2.30. The third-order valence-electron chi connectivity index (χ3n) is 4.44. The van der Waals surface area contributed by atoms with Gasteiger partial charge in [-0.1, -0.05) is 18.5 Å². The lowest BCUT2D eigenvalue weighted by Crippen LogP contribution is -2.07. The van der Waals surface area contributed by atoms with Gasteiger partial charge in [0.05, 0.1) is 21.7 Å². The normalized spacial score (nSPS) is 11.7. The smallest absolute Gasteiger partial charge is 0.419 e. The summed E-state index contributed by atoms with van der Waals surface area (Å²) < 4.78 is 45.4. The molecular weight excluding hydrogens is 421 g/mol. The molecule has 152 valence electrons. The molecule has 4 rings (SSSR count). The van der Waals surface area contributed by atoms with Crippen LogP contribution in [0.15, 0.2) is 34.9 Å². The average Bonchev–Trinajstić information content (AvgIpc) is 3.33. The number of pyridine rings is 1. The Kier molecular flexibility index (Phi) is 4.91. The van der Waals surface area contributed by atoms with E-state index < -0.39 is 11.9 Å². The molecule has 0 bridgehead atoms. The molecule has 0 aliphatic heterocycles. The zero-order valence-corrected chi connectivity index (χ0v) is 16.2. The number of benzene rings is 1. The SMILES string of the molecule is CCc1nc2c(Cl)c(C#N)ccc2n1Cc1nnc(-c2ccc(C(F)(F)F)nc2)o1. The number of aromatic nitrogens is 5. The Labute approximate surface area is 172 Å². The van der Waals surface area contributed by atoms with Gasteiger partial charge in [-0.2, -0.15) is 18.4 Å². The van der Waals surface area contributed by atoms with Gasteiger partial charge in [-0.3, -0.25) is 4.98 Å². The van der Waals surface area contributed by atoms with Gasteiger partial charge in [0.1, 0.15) is 29.6 Å². The first-order valence-corrected chi connectivity index (χ1v) is 9.13. The topological polar surface area (TPSA) is 93.4 Å². The van der Waals surface area contributed by atoms with Crippen molar-refractivity contribution in [2.75, 3.05) is 0 Å². The van der Waals surface area contributed by atoms with Crippen LogP contribution in [-0.2, 0) is 19.1 Å². The zero-order valence-electron chi connectivity index (χ0n) is 15.4. The summed E-state index contributed by atoms with van der Waals surface area (Å²) in [5.41, 5.74) is 0.795. The largest absolute Gasteiger partial charge is 0.433 e. The Bertz CT molecular complexity index is 1270. The number of nitriles is 1. The molecular formula is C19H12ClF3N6O. The van der Waals surface area contributed by atoms with Crippen molar-refractivity contribution in [3.8, 4) is 17.5 Å². The third kappa shape index (κ3) is 3.48. The molecule has 0 saturated carbocycles. The third-order valence-corrected chi connectivity index (χ3v) is 4.82. The molecule has 3 aromatic heterocycles. The molecule has 4 aromatic rings. The Morgan fingerprint density at radius 2 is 2.00 bits per heavy atom. The van der Waals surface area contributed by atoms with Crippen molar-refractivity contribution >= 4 is 22.6 Å². The predicted octanol–water partition coefficient (Wildman–Crippen LogP) is 4.64. The van der Waals surface area contributed by atoms with Crippen LogP contribution in [0.1, 0.15) is 29.9 Å². The maximum atomic E-state index is 12.7. The van der Waals surface area contributed by atoms with Crippen molar-refractivity contribution in [2.45, 2.75) is 26.1 Å². The molecule has 0 radical (unpaired) electrons. The lowest BCUT2D eigenvalue weighted by Gasteiger charge is -2.05. The van der Waals surface area contributed by atoms with Crippen LogP contribution in [-0.4, -0.2) is 24.7 Å². The number of nitrogens with zero attached hydrogens (tertiary/aromatic N) is 6. The fraction of sp³-hybridized carbons (Fsp3) is 0.211. The van der Waals surface area contributed by atoms with E-state index in [1.807, 2.05) is 17.6 Å². The predicted molar refractivity (Wildman–Crippen MR) is 100 cm³/mol. The van der Waals surface area contributed by atoms with Gasteiger partial charge in [0, 0.05) is 12.6 Å². The van der Waals surface area contributed by atoms with Crippen LogP contribution < -0.4 is 0 Å². The monoisotopic (exact) mass is 432 g/mol. The lowest BCUT2D eigenvalue weighted by molar-refractivity contribution is -0.141. The molecule has 1 aromatic carbocycles. The van der Waals surface area contributed by atoms with Crippen LogP contribution in [0.3, 0.4) is 0 Å². The second kappa shape index (κ2) is 7.42. The molecule has 11 heteroatoms. The number of hydrogen-bond donors (Lipinski definition) is 0. The van der Waals surface area contributed by atoms with Crippen molar-refractivity contribution in [2.24, 2.45) is 0 Å². The van der Waals surface area contributed by atoms with Crippen molar-refractivity contribution < 1.29 is 17.6 Å². The van der Waals surface area contributed by atoms with Crippen LogP contribution in [0, 0.1) is 11.3 Å². The Morgan fingerprint density at radius 3 is 2.63 bits per heavy atom. The molecule has 30 heavy (non-hydrogen) atoms. The number of hydrogen-bond acceptors (Lipinski definition) is 6. The van der Waals surface area contributed by atoms with Crippen LogP contribution >= 0.6 is 11.6 Å². The van der Waals surface area contributed by atoms with E-state index in [2.05, 4.69) is 20.2 Å². The quantitative estimate of drug-likeness (QED) is 0.466. The highest BCUT2D eigenvalue weighted by molar-refractivity contribution is 6.36. The molecule has 7 nitrogen and oxygen atoms in total. The van der Waals surface area contributed by atoms with E-state index in [1.54, 1.807) is 12.1 Å². The van der Waals surface area contributed by atoms with E-state index in [9.17, 15) is 13.2 Å². The molecule has 0 fully saturated rings. The summed E-state index contributed by atoms with van der Waals surface area (Å²) in [4.78, 5) is 7.90. The minimum absolute atomic E-state index is 0.0542. The number of aryl methyl sites for hydroxylation is 1. The van der Waals surface area contributed by atoms with Crippen LogP contribution in [0.2, 0.25) is 5.02 Å². The van der Waals surface area contributed by atoms with E-state index in [0.29, 0.717) is 28.8 Å². The first-order valence-electron chi connectivity index (χ1n) is 8.75. The lowest BCUT2D eigenvalue weighted by atomic mass is 10.2. The summed E-state index contributed by atoms with van der Waals surface area (Å²) in [6.45, 7) is 2.10. The molecule has 0 unspecified atom stereocenters. The van der Waals surface area contributed by atoms with Gasteiger partial charge in [0.25, 0.3) is 0 Å². The maximum absolute atomic E-state index is 12.7. The van der Waals surface area contributed by atoms with Gasteiger partial charge >= 0.3 is 6.18 Å². The fourth-order valence-electron chi connectivity index (χ4n) is 3.00. The molecule has 0 saturated heterocycles. The molecule has 0 aliphatic rings. The first kappa shape index (κ1) is 19.8. The molecule has 0 atom stereocenters. The Hall–Kier alpha value is -3.45. The van der Waals surface area contributed by atoms with Crippen molar-refractivity contribution in [3.63, 3.8) is 0 Å². The molecule has 0 N–H and O–H groups in total. The first-order chi connectivity index (χ1) is 14.3. The van der Waals surface area contributed by atoms with Gasteiger partial charge in [0.2, 0.25) is 11.8 Å². The van der Waals surface area contributed by atoms with Gasteiger partial charge in [0.15, 0.2) is 0 Å². The van der Waals surface area contributed by atoms with Crippen molar-refractivity contribution in [3.05, 3.63) is 58.5 Å². The Morgan fingerprint density at radius 1 is 1.20 bits per heavy atom. The van der Waals surface area contributed by atoms with Crippen LogP contribution in [0.4, 0.5) is 13.2 Å². The minimum Gasteiger partial charge on any atom is -0.419 e. The summed E-state index contributed by atoms with van der Waals surface area (Å²) in [7, 11) is 0. The summed E-state index contributed by atoms with van der Waals surface area (Å²) in [6, 6.07) is 7.44. The number of halogens is 4. The second-order valence-corrected chi connectivity index (χ2v) is 6.68. The average molecular weight is 433 g/mol. The summed E-state index contributed by atoms with van der Waals surface area (Å²) in [5.74, 6) is 0.996. The van der Waals surface area contributed by atoms with E-state index in [0.717, 1.165) is 12.3 Å². The molecule has 0 spiro atoms. The number of fused-ring (bicyclic) bond motifs is 1. The van der Waals surface area contributed by atoms with Gasteiger partial charge in [-0.05, 0) is 24.3 Å². The van der Waals surface area contributed by atoms with E-state index in [4.69, 9.17) is 21.3 Å². The number of alkyl halides is 3. The van der Waals surface area contributed by atoms with E-state index in [1.165, 1.54) is 6.07 Å². The van der Waals surface area contributed by atoms with Crippen molar-refractivity contribution in [1.29, 1.82) is 5.26 Å². The van der Waals surface area contributed by atoms with Crippen LogP contribution in [0.5, 0.6) is 0 Å². The van der Waals surface area contributed by atoms with E-state index >= 15 is 0 Å². The van der Waals surface area contributed by atoms with Gasteiger partial charge < -0.3 is 8.98 Å². The highest BCUT2D eigenvalue weighted by atomic mass is 35.5. The molecule has 0 amide bonds. The fourth-order valence-corrected chi connectivity index (χ4v) is 3.24. The minimum atomic E-state index is -4.52. The Balaban J connectivity index is 1.66. The second-order valence-electron chi connectivity index (χ2n) is 6.31. The standard InChI is InChI=1S/C19H12ClF3N6O/c1-2-14-26-17-12(5-3-10(7-24)16(17)20)29(14)9-15-27-28-18(30-15)11-4-6-13(25-8-11)19(21,22)23/h3-6,8H,2,9H2,1H3. The summed E-state index contributed by atoms with van der Waals surface area (Å²) >= 11 is 6.28. The van der Waals surface area contributed by atoms with E-state index in [-0.39, 0.29) is 28.9 Å².